The van der Waals surface area contributed by atoms with Crippen LogP contribution in [0.1, 0.15) is 53.2 Å². The van der Waals surface area contributed by atoms with Gasteiger partial charge in [0.2, 0.25) is 0 Å². The van der Waals surface area contributed by atoms with Gasteiger partial charge in [0.15, 0.2) is 0 Å². The number of nitriles is 1. The van der Waals surface area contributed by atoms with Crippen LogP contribution in [0.5, 0.6) is 5.75 Å². The molecule has 0 saturated heterocycles. The molecule has 5 rings (SSSR count). The second-order valence-corrected chi connectivity index (χ2v) is 7.87. The molecule has 0 amide bonds. The highest BCUT2D eigenvalue weighted by Crippen LogP contribution is 2.35. The highest BCUT2D eigenvalue weighted by atomic mass is 16.5. The molecule has 0 spiro atoms. The molecule has 7 nitrogen and oxygen atoms in total. The number of nitrogens with zero attached hydrogens (tertiary/aromatic N) is 6. The van der Waals surface area contributed by atoms with Crippen LogP contribution >= 0.6 is 0 Å². The molecule has 2 bridgehead atoms. The molecule has 2 aromatic heterocycles. The van der Waals surface area contributed by atoms with Crippen molar-refractivity contribution in [3.63, 3.8) is 0 Å². The van der Waals surface area contributed by atoms with Gasteiger partial charge in [-0.25, -0.2) is 4.98 Å². The number of aromatic nitrogens is 4. The van der Waals surface area contributed by atoms with E-state index in [1.54, 1.807) is 17.9 Å². The van der Waals surface area contributed by atoms with Crippen molar-refractivity contribution in [2.75, 3.05) is 6.61 Å². The molecule has 0 aliphatic carbocycles. The molecule has 0 radical (unpaired) electrons. The molecule has 2 aliphatic heterocycles. The Bertz CT molecular complexity index is 1230. The van der Waals surface area contributed by atoms with E-state index < -0.39 is 0 Å². The van der Waals surface area contributed by atoms with Crippen LogP contribution in [-0.2, 0) is 20.0 Å². The molecule has 0 fully saturated rings. The summed E-state index contributed by atoms with van der Waals surface area (Å²) in [5, 5.41) is 14.3. The van der Waals surface area contributed by atoms with Crippen LogP contribution in [-0.4, -0.2) is 32.1 Å². The van der Waals surface area contributed by atoms with Crippen molar-refractivity contribution >= 4 is 5.71 Å². The molecule has 0 saturated carbocycles. The summed E-state index contributed by atoms with van der Waals surface area (Å²) in [6.07, 6.45) is 3.23. The summed E-state index contributed by atoms with van der Waals surface area (Å²) in [5.41, 5.74) is 7.68. The number of aryl methyl sites for hydroxylation is 3. The second kappa shape index (κ2) is 7.06. The summed E-state index contributed by atoms with van der Waals surface area (Å²) >= 11 is 0. The van der Waals surface area contributed by atoms with E-state index in [0.29, 0.717) is 31.0 Å². The van der Waals surface area contributed by atoms with Crippen molar-refractivity contribution in [3.05, 3.63) is 58.3 Å². The highest BCUT2D eigenvalue weighted by Gasteiger charge is 2.29. The zero-order valence-corrected chi connectivity index (χ0v) is 17.3. The number of hydrogen-bond acceptors (Lipinski definition) is 6. The molecule has 3 aromatic rings. The molecule has 2 aliphatic rings. The van der Waals surface area contributed by atoms with Gasteiger partial charge >= 0.3 is 0 Å². The average Bonchev–Trinajstić information content (AvgIpc) is 3.30. The molecule has 1 aromatic carbocycles. The maximum Gasteiger partial charge on any atom is 0.147 e. The minimum absolute atomic E-state index is 0.0234. The monoisotopic (exact) mass is 398 g/mol. The largest absolute Gasteiger partial charge is 0.493 e. The number of fused-ring (bicyclic) bond motifs is 4. The van der Waals surface area contributed by atoms with E-state index in [-0.39, 0.29) is 5.92 Å². The Morgan fingerprint density at radius 1 is 1.27 bits per heavy atom. The molecular weight excluding hydrogens is 376 g/mol. The lowest BCUT2D eigenvalue weighted by atomic mass is 9.92. The van der Waals surface area contributed by atoms with Gasteiger partial charge in [-0.15, -0.1) is 0 Å². The Morgan fingerprint density at radius 3 is 2.97 bits per heavy atom. The van der Waals surface area contributed by atoms with Crippen LogP contribution in [0.15, 0.2) is 29.4 Å². The predicted molar refractivity (Wildman–Crippen MR) is 113 cm³/mol. The van der Waals surface area contributed by atoms with Crippen molar-refractivity contribution in [1.82, 2.24) is 19.7 Å². The van der Waals surface area contributed by atoms with Crippen molar-refractivity contribution in [2.45, 2.75) is 39.2 Å². The standard InChI is InChI=1S/C23H22N6O/c1-13-6-7-20-15(9-13)14(2)22-23-18(12-26-22)25-11-17(27-23)21-16(5-4-8-30-20)28-29(3)19(21)10-24/h6-7,9,11,14H,4-5,8,12H2,1-3H3/t14-/m1/s1. The van der Waals surface area contributed by atoms with Crippen molar-refractivity contribution in [3.8, 4) is 23.1 Å². The van der Waals surface area contributed by atoms with E-state index >= 15 is 0 Å². The van der Waals surface area contributed by atoms with Gasteiger partial charge in [-0.2, -0.15) is 10.4 Å². The molecule has 150 valence electrons. The third kappa shape index (κ3) is 2.88. The first kappa shape index (κ1) is 18.5. The van der Waals surface area contributed by atoms with Gasteiger partial charge in [-0.05, 0) is 25.8 Å². The van der Waals surface area contributed by atoms with Crippen molar-refractivity contribution < 1.29 is 4.74 Å². The van der Waals surface area contributed by atoms with Crippen molar-refractivity contribution in [2.24, 2.45) is 12.0 Å². The molecular formula is C23H22N6O. The molecule has 0 unspecified atom stereocenters. The van der Waals surface area contributed by atoms with Crippen LogP contribution in [0.25, 0.3) is 11.3 Å². The van der Waals surface area contributed by atoms with Crippen LogP contribution in [0.2, 0.25) is 0 Å². The normalized spacial score (nSPS) is 17.4. The smallest absolute Gasteiger partial charge is 0.147 e. The number of benzene rings is 1. The van der Waals surface area contributed by atoms with Gasteiger partial charge in [0.1, 0.15) is 23.2 Å². The average molecular weight is 398 g/mol. The molecule has 1 atom stereocenters. The SMILES string of the molecule is Cc1ccc2c(c1)[C@@H](C)C1=NCc3ncc(nc31)-c1c(nn(C)c1C#N)CCCO2. The quantitative estimate of drug-likeness (QED) is 0.578. The third-order valence-corrected chi connectivity index (χ3v) is 5.83. The van der Waals surface area contributed by atoms with Gasteiger partial charge in [-0.3, -0.25) is 14.7 Å². The summed E-state index contributed by atoms with van der Waals surface area (Å²) in [7, 11) is 1.79. The summed E-state index contributed by atoms with van der Waals surface area (Å²) in [5.74, 6) is 0.904. The maximum absolute atomic E-state index is 9.73. The Morgan fingerprint density at radius 2 is 2.13 bits per heavy atom. The first-order valence-electron chi connectivity index (χ1n) is 10.2. The van der Waals surface area contributed by atoms with Gasteiger partial charge in [0.05, 0.1) is 47.7 Å². The first-order valence-corrected chi connectivity index (χ1v) is 10.2. The second-order valence-electron chi connectivity index (χ2n) is 7.87. The Hall–Kier alpha value is -3.53. The summed E-state index contributed by atoms with van der Waals surface area (Å²) in [4.78, 5) is 14.4. The van der Waals surface area contributed by atoms with E-state index in [2.05, 4.69) is 42.1 Å². The van der Waals surface area contributed by atoms with Gasteiger partial charge in [0.25, 0.3) is 0 Å². The molecule has 30 heavy (non-hydrogen) atoms. The van der Waals surface area contributed by atoms with Crippen LogP contribution in [0.4, 0.5) is 0 Å². The number of aliphatic imine (C=N–C) groups is 1. The Balaban J connectivity index is 1.71. The summed E-state index contributed by atoms with van der Waals surface area (Å²) < 4.78 is 7.81. The van der Waals surface area contributed by atoms with Crippen molar-refractivity contribution in [1.29, 1.82) is 5.26 Å². The van der Waals surface area contributed by atoms with E-state index in [1.165, 1.54) is 5.56 Å². The molecule has 4 heterocycles. The Kier molecular flexibility index (Phi) is 4.35. The minimum Gasteiger partial charge on any atom is -0.493 e. The number of hydrogen-bond donors (Lipinski definition) is 0. The highest BCUT2D eigenvalue weighted by molar-refractivity contribution is 6.06. The zero-order valence-electron chi connectivity index (χ0n) is 17.3. The fraction of sp³-hybridized carbons (Fsp3) is 0.348. The van der Waals surface area contributed by atoms with E-state index in [9.17, 15) is 5.26 Å². The Labute approximate surface area is 175 Å². The fourth-order valence-electron chi connectivity index (χ4n) is 4.29. The predicted octanol–water partition coefficient (Wildman–Crippen LogP) is 3.49. The van der Waals surface area contributed by atoms with Crippen LogP contribution < -0.4 is 4.74 Å². The van der Waals surface area contributed by atoms with Gasteiger partial charge in [0, 0.05) is 18.5 Å². The van der Waals surface area contributed by atoms with Crippen LogP contribution in [0, 0.1) is 18.3 Å². The lowest BCUT2D eigenvalue weighted by Crippen LogP contribution is -2.14. The first-order chi connectivity index (χ1) is 14.6. The lowest BCUT2D eigenvalue weighted by Gasteiger charge is -2.18. The van der Waals surface area contributed by atoms with E-state index in [4.69, 9.17) is 14.7 Å². The third-order valence-electron chi connectivity index (χ3n) is 5.83. The zero-order chi connectivity index (χ0) is 20.8. The van der Waals surface area contributed by atoms with Gasteiger partial charge < -0.3 is 4.74 Å². The molecule has 0 N–H and O–H groups in total. The summed E-state index contributed by atoms with van der Waals surface area (Å²) in [6.45, 7) is 5.32. The lowest BCUT2D eigenvalue weighted by molar-refractivity contribution is 0.307. The number of ether oxygens (including phenoxy) is 1. The summed E-state index contributed by atoms with van der Waals surface area (Å²) in [6, 6.07) is 8.56. The van der Waals surface area contributed by atoms with Crippen LogP contribution in [0.3, 0.4) is 0 Å². The minimum atomic E-state index is 0.0234. The molecule has 7 heteroatoms. The fourth-order valence-corrected chi connectivity index (χ4v) is 4.29. The van der Waals surface area contributed by atoms with Gasteiger partial charge in [-0.1, -0.05) is 24.6 Å². The number of rotatable bonds is 0. The maximum atomic E-state index is 9.73. The topological polar surface area (TPSA) is 89.0 Å². The van der Waals surface area contributed by atoms with E-state index in [0.717, 1.165) is 46.1 Å². The van der Waals surface area contributed by atoms with E-state index in [1.807, 2.05) is 6.07 Å².